The van der Waals surface area contributed by atoms with Crippen LogP contribution >= 0.6 is 0 Å². The van der Waals surface area contributed by atoms with E-state index >= 15 is 0 Å². The maximum Gasteiger partial charge on any atom is 0.308 e. The van der Waals surface area contributed by atoms with Crippen molar-refractivity contribution in [2.75, 3.05) is 13.2 Å². The van der Waals surface area contributed by atoms with E-state index < -0.39 is 35.8 Å². The summed E-state index contributed by atoms with van der Waals surface area (Å²) in [5, 5.41) is 5.07. The van der Waals surface area contributed by atoms with Gasteiger partial charge in [0.1, 0.15) is 12.1 Å². The molecule has 0 bridgehead atoms. The highest BCUT2D eigenvalue weighted by molar-refractivity contribution is 6.00. The Morgan fingerprint density at radius 3 is 1.44 bits per heavy atom. The van der Waals surface area contributed by atoms with Gasteiger partial charge >= 0.3 is 11.9 Å². The molecule has 32 heavy (non-hydrogen) atoms. The summed E-state index contributed by atoms with van der Waals surface area (Å²) in [5.41, 5.74) is 0. The topological polar surface area (TPSA) is 111 Å². The number of rotatable bonds is 16. The van der Waals surface area contributed by atoms with Crippen LogP contribution in [-0.2, 0) is 28.7 Å². The monoisotopic (exact) mass is 454 g/mol. The minimum absolute atomic E-state index is 0.228. The van der Waals surface area contributed by atoms with Gasteiger partial charge in [0.2, 0.25) is 11.8 Å². The SMILES string of the molecule is CCCCC(CC)COC(=O)C[C@@H]1NC(=O)[C@H](CC(=O)OCC(CC)CCCC)NC1=O. The predicted octanol–water partition coefficient (Wildman–Crippen LogP) is 3.27. The molecule has 1 saturated heterocycles. The van der Waals surface area contributed by atoms with Crippen molar-refractivity contribution in [3.63, 3.8) is 0 Å². The van der Waals surface area contributed by atoms with Crippen molar-refractivity contribution in [3.8, 4) is 0 Å². The molecule has 184 valence electrons. The zero-order valence-electron chi connectivity index (χ0n) is 20.2. The van der Waals surface area contributed by atoms with Crippen LogP contribution < -0.4 is 10.6 Å². The van der Waals surface area contributed by atoms with Gasteiger partial charge < -0.3 is 20.1 Å². The summed E-state index contributed by atoms with van der Waals surface area (Å²) in [4.78, 5) is 49.0. The van der Waals surface area contributed by atoms with Crippen LogP contribution in [0.3, 0.4) is 0 Å². The highest BCUT2D eigenvalue weighted by atomic mass is 16.5. The lowest BCUT2D eigenvalue weighted by Gasteiger charge is -2.29. The van der Waals surface area contributed by atoms with Crippen LogP contribution in [0.25, 0.3) is 0 Å². The Labute approximate surface area is 192 Å². The van der Waals surface area contributed by atoms with E-state index in [-0.39, 0.29) is 12.8 Å². The van der Waals surface area contributed by atoms with Crippen LogP contribution in [0.4, 0.5) is 0 Å². The summed E-state index contributed by atoms with van der Waals surface area (Å²) >= 11 is 0. The van der Waals surface area contributed by atoms with Gasteiger partial charge in [0, 0.05) is 0 Å². The van der Waals surface area contributed by atoms with Crippen molar-refractivity contribution < 1.29 is 28.7 Å². The Kier molecular flexibility index (Phi) is 13.6. The van der Waals surface area contributed by atoms with E-state index in [0.717, 1.165) is 51.4 Å². The number of amides is 2. The van der Waals surface area contributed by atoms with Crippen LogP contribution in [0, 0.1) is 11.8 Å². The largest absolute Gasteiger partial charge is 0.465 e. The first kappa shape index (κ1) is 27.9. The van der Waals surface area contributed by atoms with Crippen molar-refractivity contribution in [1.29, 1.82) is 0 Å². The molecule has 2 amide bonds. The molecule has 0 saturated carbocycles. The summed E-state index contributed by atoms with van der Waals surface area (Å²) in [5.74, 6) is -1.41. The van der Waals surface area contributed by atoms with Crippen molar-refractivity contribution >= 4 is 23.8 Å². The Bertz CT molecular complexity index is 557. The highest BCUT2D eigenvalue weighted by Gasteiger charge is 2.36. The minimum atomic E-state index is -0.989. The fourth-order valence-electron chi connectivity index (χ4n) is 3.63. The molecule has 1 rings (SSSR count). The fraction of sp³-hybridized carbons (Fsp3) is 0.833. The summed E-state index contributed by atoms with van der Waals surface area (Å²) in [6, 6.07) is -1.98. The summed E-state index contributed by atoms with van der Waals surface area (Å²) in [7, 11) is 0. The molecule has 8 nitrogen and oxygen atoms in total. The Morgan fingerprint density at radius 1 is 0.750 bits per heavy atom. The number of nitrogens with one attached hydrogen (secondary N) is 2. The fourth-order valence-corrected chi connectivity index (χ4v) is 3.63. The van der Waals surface area contributed by atoms with Gasteiger partial charge in [-0.05, 0) is 24.7 Å². The van der Waals surface area contributed by atoms with Crippen LogP contribution in [-0.4, -0.2) is 49.1 Å². The lowest BCUT2D eigenvalue weighted by molar-refractivity contribution is -0.151. The summed E-state index contributed by atoms with van der Waals surface area (Å²) in [6.45, 7) is 8.99. The van der Waals surface area contributed by atoms with Crippen molar-refractivity contribution in [2.45, 2.75) is 104 Å². The van der Waals surface area contributed by atoms with Crippen LogP contribution in [0.1, 0.15) is 91.9 Å². The van der Waals surface area contributed by atoms with E-state index in [0.29, 0.717) is 25.0 Å². The molecular formula is C24H42N2O6. The standard InChI is InChI=1S/C24H42N2O6/c1-5-9-11-17(7-3)15-31-21(27)13-19-23(29)26-20(24(30)25-19)14-22(28)32-16-18(8-4)12-10-6-2/h17-20H,5-16H2,1-4H3,(H,25,30)(H,26,29)/t17?,18?,19-,20-/m0/s1. The number of esters is 2. The third-order valence-corrected chi connectivity index (χ3v) is 6.05. The molecule has 0 aromatic carbocycles. The van der Waals surface area contributed by atoms with E-state index in [9.17, 15) is 19.2 Å². The van der Waals surface area contributed by atoms with Gasteiger partial charge in [-0.1, -0.05) is 66.2 Å². The number of ether oxygens (including phenoxy) is 2. The van der Waals surface area contributed by atoms with Gasteiger partial charge in [0.15, 0.2) is 0 Å². The third-order valence-electron chi connectivity index (χ3n) is 6.05. The number of hydrogen-bond acceptors (Lipinski definition) is 6. The molecule has 0 aromatic rings. The molecular weight excluding hydrogens is 412 g/mol. The Balaban J connectivity index is 2.42. The first-order valence-corrected chi connectivity index (χ1v) is 12.3. The Hall–Kier alpha value is -2.12. The predicted molar refractivity (Wildman–Crippen MR) is 122 cm³/mol. The van der Waals surface area contributed by atoms with Crippen molar-refractivity contribution in [1.82, 2.24) is 10.6 Å². The molecule has 0 aromatic heterocycles. The lowest BCUT2D eigenvalue weighted by atomic mass is 10.0. The molecule has 2 unspecified atom stereocenters. The van der Waals surface area contributed by atoms with Gasteiger partial charge in [-0.15, -0.1) is 0 Å². The second-order valence-electron chi connectivity index (χ2n) is 8.73. The Morgan fingerprint density at radius 2 is 1.12 bits per heavy atom. The molecule has 1 aliphatic rings. The zero-order valence-corrected chi connectivity index (χ0v) is 20.2. The first-order chi connectivity index (χ1) is 15.3. The molecule has 2 N–H and O–H groups in total. The quantitative estimate of drug-likeness (QED) is 0.346. The smallest absolute Gasteiger partial charge is 0.308 e. The van der Waals surface area contributed by atoms with E-state index in [1.807, 2.05) is 0 Å². The van der Waals surface area contributed by atoms with Gasteiger partial charge in [-0.25, -0.2) is 0 Å². The number of piperazine rings is 1. The normalized spacial score (nSPS) is 20.1. The number of hydrogen-bond donors (Lipinski definition) is 2. The molecule has 8 heteroatoms. The summed E-state index contributed by atoms with van der Waals surface area (Å²) in [6.07, 6.45) is 7.72. The average Bonchev–Trinajstić information content (AvgIpc) is 2.77. The van der Waals surface area contributed by atoms with E-state index in [1.165, 1.54) is 0 Å². The molecule has 0 aliphatic carbocycles. The maximum atomic E-state index is 12.3. The second kappa shape index (κ2) is 15.6. The second-order valence-corrected chi connectivity index (χ2v) is 8.73. The van der Waals surface area contributed by atoms with E-state index in [2.05, 4.69) is 38.3 Å². The van der Waals surface area contributed by atoms with E-state index in [1.54, 1.807) is 0 Å². The molecule has 4 atom stereocenters. The zero-order chi connectivity index (χ0) is 23.9. The van der Waals surface area contributed by atoms with E-state index in [4.69, 9.17) is 9.47 Å². The average molecular weight is 455 g/mol. The van der Waals surface area contributed by atoms with Gasteiger partial charge in [-0.2, -0.15) is 0 Å². The van der Waals surface area contributed by atoms with Crippen LogP contribution in [0.15, 0.2) is 0 Å². The van der Waals surface area contributed by atoms with Gasteiger partial charge in [0.05, 0.1) is 26.1 Å². The minimum Gasteiger partial charge on any atom is -0.465 e. The summed E-state index contributed by atoms with van der Waals surface area (Å²) < 4.78 is 10.6. The third kappa shape index (κ3) is 10.5. The molecule has 1 heterocycles. The number of unbranched alkanes of at least 4 members (excludes halogenated alkanes) is 2. The van der Waals surface area contributed by atoms with Gasteiger partial charge in [0.25, 0.3) is 0 Å². The highest BCUT2D eigenvalue weighted by Crippen LogP contribution is 2.15. The molecule has 1 aliphatic heterocycles. The lowest BCUT2D eigenvalue weighted by Crippen LogP contribution is -2.62. The van der Waals surface area contributed by atoms with Crippen LogP contribution in [0.5, 0.6) is 0 Å². The first-order valence-electron chi connectivity index (χ1n) is 12.3. The maximum absolute atomic E-state index is 12.3. The number of carbonyl (C=O) groups is 4. The van der Waals surface area contributed by atoms with Crippen molar-refractivity contribution in [2.24, 2.45) is 11.8 Å². The van der Waals surface area contributed by atoms with Crippen LogP contribution in [0.2, 0.25) is 0 Å². The molecule has 0 spiro atoms. The number of carbonyl (C=O) groups excluding carboxylic acids is 4. The molecule has 0 radical (unpaired) electrons. The van der Waals surface area contributed by atoms with Crippen molar-refractivity contribution in [3.05, 3.63) is 0 Å². The molecule has 1 fully saturated rings. The van der Waals surface area contributed by atoms with Gasteiger partial charge in [-0.3, -0.25) is 19.2 Å².